The average molecular weight is 282 g/mol. The molecule has 2 aromatic rings. The van der Waals surface area contributed by atoms with Crippen LogP contribution in [0.2, 0.25) is 0 Å². The lowest BCUT2D eigenvalue weighted by Crippen LogP contribution is -2.17. The Bertz CT molecular complexity index is 636. The molecule has 0 radical (unpaired) electrons. The van der Waals surface area contributed by atoms with Crippen molar-refractivity contribution in [1.82, 2.24) is 0 Å². The van der Waals surface area contributed by atoms with Gasteiger partial charge in [-0.2, -0.15) is 0 Å². The van der Waals surface area contributed by atoms with Crippen LogP contribution < -0.4 is 4.74 Å². The molecule has 2 rings (SSSR count). The van der Waals surface area contributed by atoms with E-state index in [0.29, 0.717) is 5.56 Å². The van der Waals surface area contributed by atoms with E-state index < -0.39 is 0 Å². The molecule has 0 bridgehead atoms. The number of ketones is 1. The first kappa shape index (κ1) is 15.3. The van der Waals surface area contributed by atoms with Crippen LogP contribution >= 0.6 is 0 Å². The minimum Gasteiger partial charge on any atom is -0.485 e. The van der Waals surface area contributed by atoms with Crippen LogP contribution in [0.1, 0.15) is 42.3 Å². The molecule has 0 aromatic heterocycles. The zero-order chi connectivity index (χ0) is 15.5. The van der Waals surface area contributed by atoms with Crippen molar-refractivity contribution in [2.75, 3.05) is 6.61 Å². The van der Waals surface area contributed by atoms with Crippen molar-refractivity contribution in [2.24, 2.45) is 0 Å². The van der Waals surface area contributed by atoms with Crippen molar-refractivity contribution in [3.63, 3.8) is 0 Å². The van der Waals surface area contributed by atoms with E-state index in [1.54, 1.807) is 0 Å². The Labute approximate surface area is 126 Å². The third kappa shape index (κ3) is 3.94. The van der Waals surface area contributed by atoms with Gasteiger partial charge in [-0.05, 0) is 30.0 Å². The molecular formula is C19H22O2. The van der Waals surface area contributed by atoms with Gasteiger partial charge in [0.15, 0.2) is 12.4 Å². The maximum atomic E-state index is 12.2. The van der Waals surface area contributed by atoms with Crippen LogP contribution in [0.4, 0.5) is 0 Å². The van der Waals surface area contributed by atoms with E-state index in [0.717, 1.165) is 16.9 Å². The third-order valence-electron chi connectivity index (χ3n) is 3.39. The maximum absolute atomic E-state index is 12.2. The molecule has 0 amide bonds. The molecule has 2 nitrogen and oxygen atoms in total. The Kier molecular flexibility index (Phi) is 4.46. The van der Waals surface area contributed by atoms with Crippen molar-refractivity contribution in [3.05, 3.63) is 65.2 Å². The van der Waals surface area contributed by atoms with Crippen molar-refractivity contribution < 1.29 is 9.53 Å². The highest BCUT2D eigenvalue weighted by Crippen LogP contribution is 2.30. The standard InChI is InChI=1S/C19H22O2/c1-14-8-7-9-15(12-14)17(20)13-21-18-11-6-5-10-16(18)19(2,3)4/h5-12H,13H2,1-4H3. The van der Waals surface area contributed by atoms with Gasteiger partial charge in [-0.1, -0.05) is 62.7 Å². The highest BCUT2D eigenvalue weighted by atomic mass is 16.5. The molecule has 0 N–H and O–H groups in total. The van der Waals surface area contributed by atoms with Gasteiger partial charge in [0.05, 0.1) is 0 Å². The number of ether oxygens (including phenoxy) is 1. The van der Waals surface area contributed by atoms with Crippen LogP contribution in [0.25, 0.3) is 0 Å². The zero-order valence-corrected chi connectivity index (χ0v) is 13.1. The lowest BCUT2D eigenvalue weighted by Gasteiger charge is -2.22. The quantitative estimate of drug-likeness (QED) is 0.769. The Hall–Kier alpha value is -2.09. The second-order valence-electron chi connectivity index (χ2n) is 6.33. The Morgan fingerprint density at radius 3 is 2.43 bits per heavy atom. The van der Waals surface area contributed by atoms with Gasteiger partial charge in [0, 0.05) is 5.56 Å². The summed E-state index contributed by atoms with van der Waals surface area (Å²) in [7, 11) is 0. The molecule has 0 spiro atoms. The number of carbonyl (C=O) groups excluding carboxylic acids is 1. The second-order valence-corrected chi connectivity index (χ2v) is 6.33. The van der Waals surface area contributed by atoms with E-state index in [1.165, 1.54) is 0 Å². The predicted molar refractivity (Wildman–Crippen MR) is 86.1 cm³/mol. The van der Waals surface area contributed by atoms with E-state index in [2.05, 4.69) is 20.8 Å². The van der Waals surface area contributed by atoms with Gasteiger partial charge >= 0.3 is 0 Å². The minimum atomic E-state index is -0.0109. The summed E-state index contributed by atoms with van der Waals surface area (Å²) >= 11 is 0. The monoisotopic (exact) mass is 282 g/mol. The SMILES string of the molecule is Cc1cccc(C(=O)COc2ccccc2C(C)(C)C)c1. The predicted octanol–water partition coefficient (Wildman–Crippen LogP) is 4.55. The number of hydrogen-bond donors (Lipinski definition) is 0. The Balaban J connectivity index is 2.12. The molecule has 2 aromatic carbocycles. The van der Waals surface area contributed by atoms with Crippen molar-refractivity contribution >= 4 is 5.78 Å². The van der Waals surface area contributed by atoms with E-state index >= 15 is 0 Å². The largest absolute Gasteiger partial charge is 0.485 e. The van der Waals surface area contributed by atoms with Gasteiger partial charge < -0.3 is 4.74 Å². The minimum absolute atomic E-state index is 0.00223. The van der Waals surface area contributed by atoms with Crippen LogP contribution in [-0.4, -0.2) is 12.4 Å². The fraction of sp³-hybridized carbons (Fsp3) is 0.316. The van der Waals surface area contributed by atoms with Crippen LogP contribution in [0.3, 0.4) is 0 Å². The van der Waals surface area contributed by atoms with E-state index in [9.17, 15) is 4.79 Å². The van der Waals surface area contributed by atoms with Gasteiger partial charge in [0.25, 0.3) is 0 Å². The average Bonchev–Trinajstić information content (AvgIpc) is 2.44. The van der Waals surface area contributed by atoms with E-state index in [1.807, 2.05) is 55.5 Å². The number of para-hydroxylation sites is 1. The smallest absolute Gasteiger partial charge is 0.200 e. The highest BCUT2D eigenvalue weighted by Gasteiger charge is 2.19. The summed E-state index contributed by atoms with van der Waals surface area (Å²) in [4.78, 5) is 12.2. The number of Topliss-reactive ketones (excluding diaryl/α,β-unsaturated/α-hetero) is 1. The molecule has 110 valence electrons. The number of aryl methyl sites for hydroxylation is 1. The molecule has 0 atom stereocenters. The topological polar surface area (TPSA) is 26.3 Å². The normalized spacial score (nSPS) is 11.2. The van der Waals surface area contributed by atoms with E-state index in [4.69, 9.17) is 4.74 Å². The number of benzene rings is 2. The summed E-state index contributed by atoms with van der Waals surface area (Å²) in [5.41, 5.74) is 2.88. The van der Waals surface area contributed by atoms with Crippen LogP contribution in [0.15, 0.2) is 48.5 Å². The van der Waals surface area contributed by atoms with Gasteiger partial charge in [-0.3, -0.25) is 4.79 Å². The molecule has 0 aliphatic heterocycles. The van der Waals surface area contributed by atoms with Crippen LogP contribution in [-0.2, 0) is 5.41 Å². The number of hydrogen-bond acceptors (Lipinski definition) is 2. The molecule has 0 saturated carbocycles. The summed E-state index contributed by atoms with van der Waals surface area (Å²) in [6.07, 6.45) is 0. The first-order chi connectivity index (χ1) is 9.88. The number of rotatable bonds is 4. The molecule has 0 fully saturated rings. The molecule has 0 saturated heterocycles. The first-order valence-corrected chi connectivity index (χ1v) is 7.20. The third-order valence-corrected chi connectivity index (χ3v) is 3.39. The van der Waals surface area contributed by atoms with Crippen molar-refractivity contribution in [1.29, 1.82) is 0 Å². The molecule has 21 heavy (non-hydrogen) atoms. The summed E-state index contributed by atoms with van der Waals surface area (Å²) in [6.45, 7) is 8.45. The van der Waals surface area contributed by atoms with Gasteiger partial charge in [-0.25, -0.2) is 0 Å². The summed E-state index contributed by atoms with van der Waals surface area (Å²) in [6, 6.07) is 15.5. The summed E-state index contributed by atoms with van der Waals surface area (Å²) in [5.74, 6) is 0.786. The highest BCUT2D eigenvalue weighted by molar-refractivity contribution is 5.97. The Morgan fingerprint density at radius 2 is 1.76 bits per heavy atom. The molecule has 0 heterocycles. The van der Waals surface area contributed by atoms with Crippen LogP contribution in [0, 0.1) is 6.92 Å². The molecule has 2 heteroatoms. The van der Waals surface area contributed by atoms with Gasteiger partial charge in [0.1, 0.15) is 5.75 Å². The molecular weight excluding hydrogens is 260 g/mol. The van der Waals surface area contributed by atoms with E-state index in [-0.39, 0.29) is 17.8 Å². The van der Waals surface area contributed by atoms with Crippen molar-refractivity contribution in [2.45, 2.75) is 33.1 Å². The Morgan fingerprint density at radius 1 is 1.05 bits per heavy atom. The first-order valence-electron chi connectivity index (χ1n) is 7.20. The number of carbonyl (C=O) groups is 1. The lowest BCUT2D eigenvalue weighted by atomic mass is 9.86. The van der Waals surface area contributed by atoms with Crippen molar-refractivity contribution in [3.8, 4) is 5.75 Å². The van der Waals surface area contributed by atoms with Gasteiger partial charge in [0.2, 0.25) is 0 Å². The molecule has 0 unspecified atom stereocenters. The zero-order valence-electron chi connectivity index (χ0n) is 13.1. The maximum Gasteiger partial charge on any atom is 0.200 e. The summed E-state index contributed by atoms with van der Waals surface area (Å²) < 4.78 is 5.77. The second kappa shape index (κ2) is 6.13. The van der Waals surface area contributed by atoms with Gasteiger partial charge in [-0.15, -0.1) is 0 Å². The molecule has 0 aliphatic carbocycles. The molecule has 0 aliphatic rings. The fourth-order valence-corrected chi connectivity index (χ4v) is 2.26. The summed E-state index contributed by atoms with van der Waals surface area (Å²) in [5, 5.41) is 0. The fourth-order valence-electron chi connectivity index (χ4n) is 2.26. The lowest BCUT2D eigenvalue weighted by molar-refractivity contribution is 0.0920. The van der Waals surface area contributed by atoms with Crippen LogP contribution in [0.5, 0.6) is 5.75 Å².